The van der Waals surface area contributed by atoms with Crippen LogP contribution in [0.1, 0.15) is 122 Å². The van der Waals surface area contributed by atoms with E-state index in [1.807, 2.05) is 27.7 Å². The van der Waals surface area contributed by atoms with Gasteiger partial charge in [-0.15, -0.1) is 0 Å². The average Bonchev–Trinajstić information content (AvgIpc) is 3.82. The van der Waals surface area contributed by atoms with E-state index in [4.69, 9.17) is 0 Å². The van der Waals surface area contributed by atoms with Crippen molar-refractivity contribution in [3.63, 3.8) is 0 Å². The molecule has 2 saturated carbocycles. The fraction of sp³-hybridized carbons (Fsp3) is 0.730. The summed E-state index contributed by atoms with van der Waals surface area (Å²) in [5.41, 5.74) is 0.0998. The zero-order valence-corrected chi connectivity index (χ0v) is 30.4. The van der Waals surface area contributed by atoms with Gasteiger partial charge in [-0.3, -0.25) is 33.8 Å². The van der Waals surface area contributed by atoms with Crippen LogP contribution in [-0.2, 0) is 24.0 Å². The molecule has 4 N–H and O–H groups in total. The number of amides is 5. The maximum atomic E-state index is 14.5. The Hall–Kier alpha value is -3.90. The zero-order chi connectivity index (χ0) is 36.4. The van der Waals surface area contributed by atoms with E-state index < -0.39 is 53.6 Å². The lowest BCUT2D eigenvalue weighted by molar-refractivity contribution is -0.145. The molecule has 2 heterocycles. The van der Waals surface area contributed by atoms with Gasteiger partial charge in [0, 0.05) is 25.0 Å². The Balaban J connectivity index is 1.56. The number of nitrogens with zero attached hydrogens (tertiary/aromatic N) is 3. The minimum absolute atomic E-state index is 0.00769. The topological polar surface area (TPSA) is 180 Å². The fourth-order valence-electron chi connectivity index (χ4n) is 7.41. The average molecular weight is 696 g/mol. The quantitative estimate of drug-likeness (QED) is 0.180. The molecule has 6 atom stereocenters. The molecule has 13 nitrogen and oxygen atoms in total. The standard InChI is InChI=1S/C37H57N7O6/c1-6-11-27(32(45)36(49)40-25-14-15-25)41-35(48)31-26(23(5)7-2)16-19-44(31)37(50)28(20-22(3)4)42-34(47)30(24-12-9-8-10-13-24)43-33(46)29-21-38-17-18-39-29/h17-18,21-28,30-31H,6-16,19-20H2,1-5H3,(H,40,49)(H,41,48)(H,42,47)(H,43,46)/t23?,26-,27?,28+,30+,31+/m1/s1. The van der Waals surface area contributed by atoms with Gasteiger partial charge in [-0.1, -0.05) is 66.7 Å². The normalized spacial score (nSPS) is 21.8. The molecule has 3 aliphatic rings. The Bertz CT molecular complexity index is 1350. The van der Waals surface area contributed by atoms with E-state index >= 15 is 0 Å². The predicted molar refractivity (Wildman–Crippen MR) is 187 cm³/mol. The monoisotopic (exact) mass is 695 g/mol. The number of aromatic nitrogens is 2. The van der Waals surface area contributed by atoms with E-state index in [9.17, 15) is 28.8 Å². The van der Waals surface area contributed by atoms with Gasteiger partial charge in [0.15, 0.2) is 0 Å². The number of ketones is 1. The molecule has 0 bridgehead atoms. The van der Waals surface area contributed by atoms with E-state index in [-0.39, 0.29) is 41.3 Å². The third-order valence-corrected chi connectivity index (χ3v) is 10.5. The number of rotatable bonds is 17. The number of likely N-dealkylation sites (tertiary alicyclic amines) is 1. The number of hydrogen-bond donors (Lipinski definition) is 4. The second kappa shape index (κ2) is 18.4. The summed E-state index contributed by atoms with van der Waals surface area (Å²) < 4.78 is 0. The summed E-state index contributed by atoms with van der Waals surface area (Å²) in [6, 6.07) is -3.67. The van der Waals surface area contributed by atoms with Crippen LogP contribution in [0.25, 0.3) is 0 Å². The number of carbonyl (C=O) groups excluding carboxylic acids is 6. The van der Waals surface area contributed by atoms with Crippen LogP contribution in [0.2, 0.25) is 0 Å². The lowest BCUT2D eigenvalue weighted by atomic mass is 9.83. The van der Waals surface area contributed by atoms with E-state index in [1.54, 1.807) is 4.90 Å². The molecule has 2 aliphatic carbocycles. The SMILES string of the molecule is CCCC(NC(=O)[C@@H]1[C@@H](C(C)CC)CCN1C(=O)[C@H](CC(C)C)NC(=O)[C@@H](NC(=O)c1cnccn1)C1CCCCC1)C(=O)C(=O)NC1CC1. The molecular formula is C37H57N7O6. The first-order valence-corrected chi connectivity index (χ1v) is 18.8. The van der Waals surface area contributed by atoms with Gasteiger partial charge in [-0.2, -0.15) is 0 Å². The summed E-state index contributed by atoms with van der Waals surface area (Å²) in [6.45, 7) is 10.2. The van der Waals surface area contributed by atoms with Crippen LogP contribution in [0.5, 0.6) is 0 Å². The summed E-state index contributed by atoms with van der Waals surface area (Å²) >= 11 is 0. The van der Waals surface area contributed by atoms with Gasteiger partial charge < -0.3 is 26.2 Å². The molecule has 1 aromatic rings. The van der Waals surface area contributed by atoms with Crippen molar-refractivity contribution in [3.05, 3.63) is 24.3 Å². The molecule has 1 saturated heterocycles. The second-order valence-electron chi connectivity index (χ2n) is 14.9. The van der Waals surface area contributed by atoms with Crippen LogP contribution in [0.3, 0.4) is 0 Å². The highest BCUT2D eigenvalue weighted by atomic mass is 16.2. The Morgan fingerprint density at radius 2 is 1.60 bits per heavy atom. The molecule has 0 radical (unpaired) electrons. The lowest BCUT2D eigenvalue weighted by Crippen LogP contribution is -2.60. The first kappa shape index (κ1) is 38.9. The van der Waals surface area contributed by atoms with Crippen molar-refractivity contribution in [2.24, 2.45) is 23.7 Å². The summed E-state index contributed by atoms with van der Waals surface area (Å²) in [5, 5.41) is 11.5. The molecule has 2 unspecified atom stereocenters. The van der Waals surface area contributed by atoms with Gasteiger partial charge >= 0.3 is 0 Å². The number of carbonyl (C=O) groups is 6. The van der Waals surface area contributed by atoms with Crippen LogP contribution in [0.15, 0.2) is 18.6 Å². The molecule has 1 aliphatic heterocycles. The summed E-state index contributed by atoms with van der Waals surface area (Å²) in [6.07, 6.45) is 13.0. The molecule has 0 spiro atoms. The van der Waals surface area contributed by atoms with Crippen molar-refractivity contribution in [1.82, 2.24) is 36.1 Å². The minimum atomic E-state index is -0.998. The van der Waals surface area contributed by atoms with Gasteiger partial charge in [0.2, 0.25) is 23.5 Å². The number of Topliss-reactive ketones (excluding diaryl/α,β-unsaturated/α-hetero) is 1. The van der Waals surface area contributed by atoms with Crippen LogP contribution in [0, 0.1) is 23.7 Å². The van der Waals surface area contributed by atoms with Crippen LogP contribution < -0.4 is 21.3 Å². The van der Waals surface area contributed by atoms with Gasteiger partial charge in [-0.25, -0.2) is 4.98 Å². The Morgan fingerprint density at radius 3 is 2.20 bits per heavy atom. The van der Waals surface area contributed by atoms with Crippen LogP contribution in [0.4, 0.5) is 0 Å². The predicted octanol–water partition coefficient (Wildman–Crippen LogP) is 3.08. The maximum Gasteiger partial charge on any atom is 0.289 e. The number of hydrogen-bond acceptors (Lipinski definition) is 8. The van der Waals surface area contributed by atoms with E-state index in [1.165, 1.54) is 18.6 Å². The van der Waals surface area contributed by atoms with E-state index in [0.29, 0.717) is 32.2 Å². The van der Waals surface area contributed by atoms with Gasteiger partial charge in [0.1, 0.15) is 23.8 Å². The van der Waals surface area contributed by atoms with Gasteiger partial charge in [0.25, 0.3) is 11.8 Å². The van der Waals surface area contributed by atoms with Gasteiger partial charge in [0.05, 0.1) is 12.2 Å². The van der Waals surface area contributed by atoms with E-state index in [0.717, 1.165) is 51.4 Å². The van der Waals surface area contributed by atoms with Crippen molar-refractivity contribution < 1.29 is 28.8 Å². The van der Waals surface area contributed by atoms with Crippen molar-refractivity contribution in [1.29, 1.82) is 0 Å². The zero-order valence-electron chi connectivity index (χ0n) is 30.4. The van der Waals surface area contributed by atoms with E-state index in [2.05, 4.69) is 38.2 Å². The van der Waals surface area contributed by atoms with Crippen molar-refractivity contribution in [2.45, 2.75) is 142 Å². The summed E-state index contributed by atoms with van der Waals surface area (Å²) in [4.78, 5) is 91.4. The highest BCUT2D eigenvalue weighted by molar-refractivity contribution is 6.38. The first-order valence-electron chi connectivity index (χ1n) is 18.8. The highest BCUT2D eigenvalue weighted by Crippen LogP contribution is 2.34. The smallest absolute Gasteiger partial charge is 0.289 e. The second-order valence-corrected chi connectivity index (χ2v) is 14.9. The Labute approximate surface area is 296 Å². The Kier molecular flexibility index (Phi) is 14.3. The fourth-order valence-corrected chi connectivity index (χ4v) is 7.41. The van der Waals surface area contributed by atoms with Crippen molar-refractivity contribution in [3.8, 4) is 0 Å². The molecule has 0 aromatic carbocycles. The maximum absolute atomic E-state index is 14.5. The third-order valence-electron chi connectivity index (χ3n) is 10.5. The largest absolute Gasteiger partial charge is 0.347 e. The van der Waals surface area contributed by atoms with Crippen molar-refractivity contribution >= 4 is 35.3 Å². The summed E-state index contributed by atoms with van der Waals surface area (Å²) in [5.74, 6) is -3.29. The molecule has 5 amide bonds. The lowest BCUT2D eigenvalue weighted by Gasteiger charge is -2.35. The molecule has 276 valence electrons. The summed E-state index contributed by atoms with van der Waals surface area (Å²) in [7, 11) is 0. The Morgan fingerprint density at radius 1 is 0.880 bits per heavy atom. The van der Waals surface area contributed by atoms with Crippen LogP contribution in [-0.4, -0.2) is 86.9 Å². The number of nitrogens with one attached hydrogen (secondary N) is 4. The molecule has 1 aromatic heterocycles. The van der Waals surface area contributed by atoms with Crippen molar-refractivity contribution in [2.75, 3.05) is 6.54 Å². The molecule has 4 rings (SSSR count). The highest BCUT2D eigenvalue weighted by Gasteiger charge is 2.47. The molecule has 13 heteroatoms. The first-order chi connectivity index (χ1) is 23.9. The third kappa shape index (κ3) is 10.3. The van der Waals surface area contributed by atoms with Gasteiger partial charge in [-0.05, 0) is 68.6 Å². The molecule has 50 heavy (non-hydrogen) atoms. The molecular weight excluding hydrogens is 638 g/mol. The minimum Gasteiger partial charge on any atom is -0.347 e. The molecule has 3 fully saturated rings. The van der Waals surface area contributed by atoms with Crippen LogP contribution >= 0.6 is 0 Å².